The molecule has 110 valence electrons. The van der Waals surface area contributed by atoms with Gasteiger partial charge < -0.3 is 0 Å². The van der Waals surface area contributed by atoms with E-state index in [0.29, 0.717) is 5.41 Å². The highest BCUT2D eigenvalue weighted by Gasteiger charge is 2.51. The Labute approximate surface area is 121 Å². The zero-order valence-electron chi connectivity index (χ0n) is 13.9. The first-order chi connectivity index (χ1) is 9.03. The fraction of sp³-hybridized carbons (Fsp3) is 0.895. The summed E-state index contributed by atoms with van der Waals surface area (Å²) in [5.74, 6) is 9.46. The Hall–Kier alpha value is -0.440. The highest BCUT2D eigenvalue weighted by molar-refractivity contribution is 5.11. The number of rotatable bonds is 8. The van der Waals surface area contributed by atoms with Crippen molar-refractivity contribution in [2.75, 3.05) is 0 Å². The second-order valence-corrected chi connectivity index (χ2v) is 7.21. The van der Waals surface area contributed by atoms with Gasteiger partial charge in [-0.2, -0.15) is 0 Å². The first-order valence-electron chi connectivity index (χ1n) is 8.49. The van der Waals surface area contributed by atoms with Gasteiger partial charge in [0.15, 0.2) is 0 Å². The molecule has 0 amide bonds. The van der Waals surface area contributed by atoms with Crippen LogP contribution < -0.4 is 0 Å². The molecule has 1 aliphatic carbocycles. The van der Waals surface area contributed by atoms with Crippen molar-refractivity contribution in [2.45, 2.75) is 86.0 Å². The highest BCUT2D eigenvalue weighted by Crippen LogP contribution is 2.59. The van der Waals surface area contributed by atoms with Crippen LogP contribution >= 0.6 is 0 Å². The predicted octanol–water partition coefficient (Wildman–Crippen LogP) is 6.06. The van der Waals surface area contributed by atoms with Crippen LogP contribution in [0.25, 0.3) is 0 Å². The smallest absolute Gasteiger partial charge is 0.0146 e. The molecule has 0 N–H and O–H groups in total. The van der Waals surface area contributed by atoms with Gasteiger partial charge in [0, 0.05) is 12.8 Å². The summed E-state index contributed by atoms with van der Waals surface area (Å²) in [4.78, 5) is 0. The maximum Gasteiger partial charge on any atom is 0.0146 e. The SMILES string of the molecule is CCCC#CCC1(C)CC1C(C)CC(C)CCCC. The van der Waals surface area contributed by atoms with E-state index in [1.807, 2.05) is 0 Å². The lowest BCUT2D eigenvalue weighted by molar-refractivity contribution is 0.321. The molecule has 1 saturated carbocycles. The molecule has 0 spiro atoms. The first kappa shape index (κ1) is 16.6. The van der Waals surface area contributed by atoms with Crippen molar-refractivity contribution in [1.82, 2.24) is 0 Å². The van der Waals surface area contributed by atoms with Gasteiger partial charge in [0.2, 0.25) is 0 Å². The van der Waals surface area contributed by atoms with Crippen LogP contribution in [0.15, 0.2) is 0 Å². The molecule has 0 heteroatoms. The van der Waals surface area contributed by atoms with E-state index in [2.05, 4.69) is 46.5 Å². The van der Waals surface area contributed by atoms with Gasteiger partial charge >= 0.3 is 0 Å². The van der Waals surface area contributed by atoms with E-state index >= 15 is 0 Å². The average Bonchev–Trinajstić information content (AvgIpc) is 3.05. The maximum absolute atomic E-state index is 3.41. The molecule has 0 nitrogen and oxygen atoms in total. The Bertz CT molecular complexity index is 306. The largest absolute Gasteiger partial charge is 0.103 e. The van der Waals surface area contributed by atoms with Crippen LogP contribution in [0.3, 0.4) is 0 Å². The third kappa shape index (κ3) is 5.60. The third-order valence-electron chi connectivity index (χ3n) is 4.93. The summed E-state index contributed by atoms with van der Waals surface area (Å²) < 4.78 is 0. The van der Waals surface area contributed by atoms with Crippen LogP contribution in [-0.4, -0.2) is 0 Å². The molecule has 1 aliphatic rings. The summed E-state index contributed by atoms with van der Waals surface area (Å²) in [5.41, 5.74) is 0.546. The molecule has 0 radical (unpaired) electrons. The Morgan fingerprint density at radius 2 is 1.89 bits per heavy atom. The quantitative estimate of drug-likeness (QED) is 0.466. The van der Waals surface area contributed by atoms with E-state index in [1.54, 1.807) is 0 Å². The summed E-state index contributed by atoms with van der Waals surface area (Å²) in [5, 5.41) is 0. The monoisotopic (exact) mass is 262 g/mol. The van der Waals surface area contributed by atoms with Crippen molar-refractivity contribution in [1.29, 1.82) is 0 Å². The molecule has 4 unspecified atom stereocenters. The normalized spacial score (nSPS) is 28.4. The molecule has 0 heterocycles. The molecular formula is C19H34. The van der Waals surface area contributed by atoms with Crippen LogP contribution in [-0.2, 0) is 0 Å². The van der Waals surface area contributed by atoms with Gasteiger partial charge in [-0.25, -0.2) is 0 Å². The van der Waals surface area contributed by atoms with Gasteiger partial charge in [-0.05, 0) is 42.4 Å². The standard InChI is InChI=1S/C19H34/c1-6-8-10-11-13-19(5)15-18(19)17(4)14-16(3)12-9-7-2/h16-18H,6-9,12-15H2,1-5H3. The van der Waals surface area contributed by atoms with E-state index in [4.69, 9.17) is 0 Å². The molecule has 1 rings (SSSR count). The zero-order valence-corrected chi connectivity index (χ0v) is 13.9. The van der Waals surface area contributed by atoms with Crippen molar-refractivity contribution in [2.24, 2.45) is 23.2 Å². The lowest BCUT2D eigenvalue weighted by Crippen LogP contribution is -2.09. The molecule has 0 bridgehead atoms. The number of hydrogen-bond donors (Lipinski definition) is 0. The van der Waals surface area contributed by atoms with Gasteiger partial charge in [-0.3, -0.25) is 0 Å². The molecule has 19 heavy (non-hydrogen) atoms. The second kappa shape index (κ2) is 7.98. The van der Waals surface area contributed by atoms with Crippen LogP contribution in [0.1, 0.15) is 86.0 Å². The minimum Gasteiger partial charge on any atom is -0.103 e. The summed E-state index contributed by atoms with van der Waals surface area (Å²) in [6, 6.07) is 0. The van der Waals surface area contributed by atoms with Crippen LogP contribution in [0.4, 0.5) is 0 Å². The summed E-state index contributed by atoms with van der Waals surface area (Å²) in [6.07, 6.45) is 10.4. The Balaban J connectivity index is 2.28. The van der Waals surface area contributed by atoms with E-state index < -0.39 is 0 Å². The minimum atomic E-state index is 0.546. The highest BCUT2D eigenvalue weighted by atomic mass is 14.6. The molecule has 1 fully saturated rings. The number of hydrogen-bond acceptors (Lipinski definition) is 0. The van der Waals surface area contributed by atoms with Crippen molar-refractivity contribution < 1.29 is 0 Å². The second-order valence-electron chi connectivity index (χ2n) is 7.21. The number of unbranched alkanes of at least 4 members (excludes halogenated alkanes) is 2. The van der Waals surface area contributed by atoms with Crippen molar-refractivity contribution in [3.8, 4) is 11.8 Å². The summed E-state index contributed by atoms with van der Waals surface area (Å²) >= 11 is 0. The molecule has 0 aliphatic heterocycles. The maximum atomic E-state index is 3.41. The van der Waals surface area contributed by atoms with E-state index in [0.717, 1.165) is 30.6 Å². The molecule has 0 aromatic heterocycles. The van der Waals surface area contributed by atoms with Crippen molar-refractivity contribution >= 4 is 0 Å². The van der Waals surface area contributed by atoms with Gasteiger partial charge in [-0.15, -0.1) is 11.8 Å². The Morgan fingerprint density at radius 3 is 2.53 bits per heavy atom. The fourth-order valence-electron chi connectivity index (χ4n) is 3.48. The molecule has 4 atom stereocenters. The van der Waals surface area contributed by atoms with E-state index in [-0.39, 0.29) is 0 Å². The zero-order chi connectivity index (χ0) is 14.3. The van der Waals surface area contributed by atoms with E-state index in [1.165, 1.54) is 38.5 Å². The molecule has 0 aromatic rings. The van der Waals surface area contributed by atoms with E-state index in [9.17, 15) is 0 Å². The van der Waals surface area contributed by atoms with Crippen LogP contribution in [0, 0.1) is 35.0 Å². The summed E-state index contributed by atoms with van der Waals surface area (Å²) in [6.45, 7) is 11.9. The first-order valence-corrected chi connectivity index (χ1v) is 8.49. The van der Waals surface area contributed by atoms with Gasteiger partial charge in [0.25, 0.3) is 0 Å². The van der Waals surface area contributed by atoms with Crippen molar-refractivity contribution in [3.63, 3.8) is 0 Å². The van der Waals surface area contributed by atoms with Crippen molar-refractivity contribution in [3.05, 3.63) is 0 Å². The Morgan fingerprint density at radius 1 is 1.16 bits per heavy atom. The third-order valence-corrected chi connectivity index (χ3v) is 4.93. The van der Waals surface area contributed by atoms with Crippen LogP contribution in [0.5, 0.6) is 0 Å². The van der Waals surface area contributed by atoms with Gasteiger partial charge in [0.05, 0.1) is 0 Å². The lowest BCUT2D eigenvalue weighted by atomic mass is 9.86. The Kier molecular flexibility index (Phi) is 6.98. The lowest BCUT2D eigenvalue weighted by Gasteiger charge is -2.19. The topological polar surface area (TPSA) is 0 Å². The summed E-state index contributed by atoms with van der Waals surface area (Å²) in [7, 11) is 0. The minimum absolute atomic E-state index is 0.546. The molecule has 0 aromatic carbocycles. The van der Waals surface area contributed by atoms with Gasteiger partial charge in [-0.1, -0.05) is 53.9 Å². The fourth-order valence-corrected chi connectivity index (χ4v) is 3.48. The van der Waals surface area contributed by atoms with Gasteiger partial charge in [0.1, 0.15) is 0 Å². The predicted molar refractivity (Wildman–Crippen MR) is 86.0 cm³/mol. The molecule has 0 saturated heterocycles. The van der Waals surface area contributed by atoms with Crippen LogP contribution in [0.2, 0.25) is 0 Å². The molecular weight excluding hydrogens is 228 g/mol. The average molecular weight is 262 g/mol.